The van der Waals surface area contributed by atoms with Gasteiger partial charge in [-0.05, 0) is 31.2 Å². The van der Waals surface area contributed by atoms with E-state index >= 15 is 0 Å². The summed E-state index contributed by atoms with van der Waals surface area (Å²) in [7, 11) is 3.13. The molecular formula is C20H18N6O3S. The molecule has 4 rings (SSSR count). The highest BCUT2D eigenvalue weighted by Gasteiger charge is 2.19. The highest BCUT2D eigenvalue weighted by atomic mass is 32.1. The Labute approximate surface area is 176 Å². The van der Waals surface area contributed by atoms with Crippen LogP contribution in [0.3, 0.4) is 0 Å². The number of methoxy groups -OCH3 is 2. The number of aromatic nitrogens is 5. The van der Waals surface area contributed by atoms with Gasteiger partial charge >= 0.3 is 0 Å². The first-order valence-corrected chi connectivity index (χ1v) is 9.73. The minimum atomic E-state index is -0.327. The van der Waals surface area contributed by atoms with Crippen molar-refractivity contribution in [2.45, 2.75) is 6.92 Å². The highest BCUT2D eigenvalue weighted by Crippen LogP contribution is 2.26. The second-order valence-electron chi connectivity index (χ2n) is 6.21. The fourth-order valence-electron chi connectivity index (χ4n) is 2.89. The number of carbonyl (C=O) groups is 1. The molecule has 0 aliphatic heterocycles. The van der Waals surface area contributed by atoms with Crippen molar-refractivity contribution in [2.75, 3.05) is 19.5 Å². The highest BCUT2D eigenvalue weighted by molar-refractivity contribution is 7.10. The van der Waals surface area contributed by atoms with E-state index in [0.29, 0.717) is 28.0 Å². The molecular weight excluding hydrogens is 404 g/mol. The Morgan fingerprint density at radius 2 is 1.93 bits per heavy atom. The Balaban J connectivity index is 1.57. The number of amides is 1. The van der Waals surface area contributed by atoms with Crippen molar-refractivity contribution in [1.82, 2.24) is 24.4 Å². The molecule has 0 aliphatic carbocycles. The lowest BCUT2D eigenvalue weighted by Crippen LogP contribution is -2.12. The number of anilines is 1. The summed E-state index contributed by atoms with van der Waals surface area (Å²) < 4.78 is 16.5. The molecule has 0 aliphatic rings. The van der Waals surface area contributed by atoms with Gasteiger partial charge in [0.25, 0.3) is 5.91 Å². The summed E-state index contributed by atoms with van der Waals surface area (Å²) in [6, 6.07) is 14.5. The van der Waals surface area contributed by atoms with Crippen LogP contribution in [0.5, 0.6) is 11.5 Å². The minimum Gasteiger partial charge on any atom is -0.497 e. The van der Waals surface area contributed by atoms with Gasteiger partial charge in [-0.3, -0.25) is 10.1 Å². The number of benzene rings is 2. The van der Waals surface area contributed by atoms with E-state index in [-0.39, 0.29) is 5.91 Å². The van der Waals surface area contributed by atoms with Crippen molar-refractivity contribution in [2.24, 2.45) is 0 Å². The maximum atomic E-state index is 12.6. The molecule has 30 heavy (non-hydrogen) atoms. The zero-order valence-electron chi connectivity index (χ0n) is 16.5. The maximum Gasteiger partial charge on any atom is 0.261 e. The van der Waals surface area contributed by atoms with Gasteiger partial charge in [0.05, 0.1) is 31.2 Å². The normalized spacial score (nSPS) is 10.6. The van der Waals surface area contributed by atoms with E-state index in [4.69, 9.17) is 9.47 Å². The molecule has 0 bridgehead atoms. The first-order chi connectivity index (χ1) is 14.6. The van der Waals surface area contributed by atoms with Gasteiger partial charge in [0.15, 0.2) is 11.5 Å². The van der Waals surface area contributed by atoms with Crippen LogP contribution in [0.1, 0.15) is 16.1 Å². The lowest BCUT2D eigenvalue weighted by molar-refractivity contribution is 0.102. The molecule has 9 nitrogen and oxygen atoms in total. The minimum absolute atomic E-state index is 0.327. The fourth-order valence-corrected chi connectivity index (χ4v) is 3.46. The lowest BCUT2D eigenvalue weighted by Gasteiger charge is -2.06. The third kappa shape index (κ3) is 3.72. The van der Waals surface area contributed by atoms with Crippen molar-refractivity contribution in [3.05, 3.63) is 59.8 Å². The predicted molar refractivity (Wildman–Crippen MR) is 112 cm³/mol. The van der Waals surface area contributed by atoms with Gasteiger partial charge in [0, 0.05) is 17.6 Å². The molecule has 0 radical (unpaired) electrons. The summed E-state index contributed by atoms with van der Waals surface area (Å²) >= 11 is 1.07. The predicted octanol–water partition coefficient (Wildman–Crippen LogP) is 3.36. The Morgan fingerprint density at radius 3 is 2.73 bits per heavy atom. The van der Waals surface area contributed by atoms with Gasteiger partial charge in [-0.25, -0.2) is 4.68 Å². The van der Waals surface area contributed by atoms with E-state index in [1.54, 1.807) is 36.1 Å². The molecule has 0 saturated heterocycles. The Morgan fingerprint density at radius 1 is 1.10 bits per heavy atom. The molecule has 1 N–H and O–H groups in total. The lowest BCUT2D eigenvalue weighted by atomic mass is 10.2. The van der Waals surface area contributed by atoms with Crippen molar-refractivity contribution in [3.63, 3.8) is 0 Å². The molecule has 2 aromatic heterocycles. The van der Waals surface area contributed by atoms with Crippen LogP contribution < -0.4 is 14.8 Å². The van der Waals surface area contributed by atoms with Crippen molar-refractivity contribution >= 4 is 22.6 Å². The number of rotatable bonds is 6. The van der Waals surface area contributed by atoms with Crippen LogP contribution in [0.15, 0.2) is 48.5 Å². The van der Waals surface area contributed by atoms with Crippen LogP contribution in [0.4, 0.5) is 5.13 Å². The van der Waals surface area contributed by atoms with Crippen LogP contribution in [0.25, 0.3) is 17.2 Å². The van der Waals surface area contributed by atoms with Crippen LogP contribution in [0, 0.1) is 6.92 Å². The smallest absolute Gasteiger partial charge is 0.261 e. The first kappa shape index (κ1) is 19.5. The van der Waals surface area contributed by atoms with E-state index in [9.17, 15) is 4.79 Å². The number of hydrogen-bond donors (Lipinski definition) is 1. The number of carbonyl (C=O) groups excluding carboxylic acids is 1. The van der Waals surface area contributed by atoms with Crippen LogP contribution in [0.2, 0.25) is 0 Å². The molecule has 4 aromatic rings. The molecule has 2 heterocycles. The average molecular weight is 422 g/mol. The second-order valence-corrected chi connectivity index (χ2v) is 6.97. The number of nitrogens with one attached hydrogen (secondary N) is 1. The average Bonchev–Trinajstić information content (AvgIpc) is 3.39. The Bertz CT molecular complexity index is 1200. The molecule has 0 atom stereocenters. The molecule has 152 valence electrons. The van der Waals surface area contributed by atoms with Gasteiger partial charge in [-0.15, -0.1) is 5.10 Å². The van der Waals surface area contributed by atoms with Crippen LogP contribution >= 0.6 is 11.5 Å². The van der Waals surface area contributed by atoms with E-state index in [1.165, 1.54) is 7.11 Å². The van der Waals surface area contributed by atoms with E-state index in [0.717, 1.165) is 28.7 Å². The molecule has 0 spiro atoms. The number of para-hydroxylation sites is 1. The monoisotopic (exact) mass is 422 g/mol. The van der Waals surface area contributed by atoms with Crippen molar-refractivity contribution in [1.29, 1.82) is 0 Å². The first-order valence-electron chi connectivity index (χ1n) is 8.96. The van der Waals surface area contributed by atoms with Gasteiger partial charge in [-0.2, -0.15) is 9.36 Å². The Hall–Kier alpha value is -3.79. The topological polar surface area (TPSA) is 104 Å². The van der Waals surface area contributed by atoms with Crippen LogP contribution in [-0.4, -0.2) is 44.5 Å². The second kappa shape index (κ2) is 8.29. The quantitative estimate of drug-likeness (QED) is 0.508. The van der Waals surface area contributed by atoms with E-state index in [2.05, 4.69) is 25.0 Å². The Kier molecular flexibility index (Phi) is 5.40. The fraction of sp³-hybridized carbons (Fsp3) is 0.150. The third-order valence-corrected chi connectivity index (χ3v) is 5.03. The molecule has 10 heteroatoms. The third-order valence-electron chi connectivity index (χ3n) is 4.40. The summed E-state index contributed by atoms with van der Waals surface area (Å²) in [6.45, 7) is 1.88. The SMILES string of the molecule is COc1cccc(-n2nnc(-c3nsc(NC(=O)c4ccccc4OC)n3)c2C)c1. The van der Waals surface area contributed by atoms with Gasteiger partial charge in [0.1, 0.15) is 11.5 Å². The largest absolute Gasteiger partial charge is 0.497 e. The summed E-state index contributed by atoms with van der Waals surface area (Å²) in [6.07, 6.45) is 0. The van der Waals surface area contributed by atoms with Crippen molar-refractivity contribution in [3.8, 4) is 28.7 Å². The van der Waals surface area contributed by atoms with Crippen molar-refractivity contribution < 1.29 is 14.3 Å². The summed E-state index contributed by atoms with van der Waals surface area (Å²) in [5.41, 5.74) is 2.53. The number of nitrogens with zero attached hydrogens (tertiary/aromatic N) is 5. The van der Waals surface area contributed by atoms with E-state index < -0.39 is 0 Å². The molecule has 1 amide bonds. The zero-order valence-corrected chi connectivity index (χ0v) is 17.3. The van der Waals surface area contributed by atoms with Gasteiger partial charge in [0.2, 0.25) is 5.13 Å². The molecule has 2 aromatic carbocycles. The van der Waals surface area contributed by atoms with Gasteiger partial charge in [-0.1, -0.05) is 23.4 Å². The molecule has 0 unspecified atom stereocenters. The standard InChI is InChI=1S/C20H18N6O3S/c1-12-17(23-25-26(12)13-7-6-8-14(11-13)28-2)18-21-20(30-24-18)22-19(27)15-9-4-5-10-16(15)29-3/h4-11H,1-3H3,(H,21,22,24,27). The number of hydrogen-bond acceptors (Lipinski definition) is 8. The maximum absolute atomic E-state index is 12.6. The van der Waals surface area contributed by atoms with Crippen LogP contribution in [-0.2, 0) is 0 Å². The molecule has 0 fully saturated rings. The zero-order chi connectivity index (χ0) is 21.1. The van der Waals surface area contributed by atoms with E-state index in [1.807, 2.05) is 31.2 Å². The molecule has 0 saturated carbocycles. The van der Waals surface area contributed by atoms with Gasteiger partial charge < -0.3 is 9.47 Å². The summed E-state index contributed by atoms with van der Waals surface area (Å²) in [5, 5.41) is 11.5. The number of ether oxygens (including phenoxy) is 2. The summed E-state index contributed by atoms with van der Waals surface area (Å²) in [4.78, 5) is 17.0. The summed E-state index contributed by atoms with van der Waals surface area (Å²) in [5.74, 6) is 1.27.